The van der Waals surface area contributed by atoms with Crippen LogP contribution in [0.15, 0.2) is 36.5 Å². The monoisotopic (exact) mass is 340 g/mol. The number of piperazine rings is 1. The molecular weight excluding hydrogens is 320 g/mol. The lowest BCUT2D eigenvalue weighted by Gasteiger charge is -2.35. The van der Waals surface area contributed by atoms with Gasteiger partial charge in [0.2, 0.25) is 5.95 Å². The molecule has 1 aromatic carbocycles. The Morgan fingerprint density at radius 1 is 0.958 bits per heavy atom. The van der Waals surface area contributed by atoms with Crippen LogP contribution in [0, 0.1) is 0 Å². The van der Waals surface area contributed by atoms with Crippen molar-refractivity contribution in [3.05, 3.63) is 36.5 Å². The van der Waals surface area contributed by atoms with E-state index in [-0.39, 0.29) is 0 Å². The number of hydrogen-bond donors (Lipinski definition) is 0. The van der Waals surface area contributed by atoms with Crippen molar-refractivity contribution in [2.24, 2.45) is 0 Å². The van der Waals surface area contributed by atoms with Crippen LogP contribution in [0.3, 0.4) is 0 Å². The van der Waals surface area contributed by atoms with Crippen LogP contribution in [0.25, 0.3) is 10.2 Å². The normalized spacial score (nSPS) is 15.1. The van der Waals surface area contributed by atoms with Gasteiger partial charge in [0.25, 0.3) is 0 Å². The van der Waals surface area contributed by atoms with Gasteiger partial charge in [-0.3, -0.25) is 0 Å². The van der Waals surface area contributed by atoms with Gasteiger partial charge in [-0.2, -0.15) is 4.98 Å². The minimum absolute atomic E-state index is 0.751. The zero-order valence-corrected chi connectivity index (χ0v) is 14.7. The first-order chi connectivity index (χ1) is 11.7. The van der Waals surface area contributed by atoms with E-state index in [0.717, 1.165) is 48.6 Å². The molecule has 0 amide bonds. The summed E-state index contributed by atoms with van der Waals surface area (Å²) in [6.45, 7) is 3.81. The van der Waals surface area contributed by atoms with E-state index in [1.165, 1.54) is 4.70 Å². The molecule has 6 nitrogen and oxygen atoms in total. The molecule has 3 heterocycles. The Morgan fingerprint density at radius 2 is 1.71 bits per heavy atom. The van der Waals surface area contributed by atoms with E-state index < -0.39 is 0 Å². The highest BCUT2D eigenvalue weighted by Crippen LogP contribution is 2.29. The van der Waals surface area contributed by atoms with Gasteiger partial charge in [0.05, 0.1) is 10.2 Å². The molecule has 24 heavy (non-hydrogen) atoms. The molecule has 7 heteroatoms. The Kier molecular flexibility index (Phi) is 3.93. The zero-order valence-electron chi connectivity index (χ0n) is 13.9. The van der Waals surface area contributed by atoms with Gasteiger partial charge in [-0.05, 0) is 18.2 Å². The Morgan fingerprint density at radius 3 is 2.46 bits per heavy atom. The summed E-state index contributed by atoms with van der Waals surface area (Å²) >= 11 is 1.77. The van der Waals surface area contributed by atoms with Gasteiger partial charge in [0.1, 0.15) is 5.82 Å². The second kappa shape index (κ2) is 6.24. The summed E-state index contributed by atoms with van der Waals surface area (Å²) in [6.07, 6.45) is 1.83. The molecule has 1 fully saturated rings. The van der Waals surface area contributed by atoms with Gasteiger partial charge < -0.3 is 14.7 Å². The van der Waals surface area contributed by atoms with E-state index in [9.17, 15) is 0 Å². The molecule has 0 unspecified atom stereocenters. The minimum Gasteiger partial charge on any atom is -0.353 e. The largest absolute Gasteiger partial charge is 0.353 e. The third-order valence-electron chi connectivity index (χ3n) is 4.18. The summed E-state index contributed by atoms with van der Waals surface area (Å²) in [7, 11) is 3.92. The molecular formula is C17H20N6S. The van der Waals surface area contributed by atoms with Crippen LogP contribution in [0.5, 0.6) is 0 Å². The lowest BCUT2D eigenvalue weighted by atomic mass is 10.3. The molecule has 1 saturated heterocycles. The van der Waals surface area contributed by atoms with Crippen LogP contribution in [0.4, 0.5) is 16.9 Å². The number of fused-ring (bicyclic) bond motifs is 1. The lowest BCUT2D eigenvalue weighted by Crippen LogP contribution is -2.46. The van der Waals surface area contributed by atoms with Gasteiger partial charge in [0, 0.05) is 46.5 Å². The van der Waals surface area contributed by atoms with Crippen LogP contribution in [0.1, 0.15) is 0 Å². The van der Waals surface area contributed by atoms with Gasteiger partial charge in [-0.1, -0.05) is 23.5 Å². The highest BCUT2D eigenvalue weighted by molar-refractivity contribution is 7.22. The summed E-state index contributed by atoms with van der Waals surface area (Å²) in [6, 6.07) is 10.3. The Balaban J connectivity index is 1.47. The van der Waals surface area contributed by atoms with Gasteiger partial charge in [-0.25, -0.2) is 9.97 Å². The molecule has 0 radical (unpaired) electrons. The van der Waals surface area contributed by atoms with Gasteiger partial charge >= 0.3 is 0 Å². The van der Waals surface area contributed by atoms with Crippen molar-refractivity contribution < 1.29 is 0 Å². The molecule has 0 saturated carbocycles. The topological polar surface area (TPSA) is 48.4 Å². The van der Waals surface area contributed by atoms with Crippen molar-refractivity contribution in [1.29, 1.82) is 0 Å². The third kappa shape index (κ3) is 2.87. The second-order valence-electron chi connectivity index (χ2n) is 6.05. The zero-order chi connectivity index (χ0) is 16.5. The van der Waals surface area contributed by atoms with Crippen LogP contribution < -0.4 is 14.7 Å². The number of thiazole rings is 1. The highest BCUT2D eigenvalue weighted by Gasteiger charge is 2.21. The predicted octanol–water partition coefficient (Wildman–Crippen LogP) is 2.48. The van der Waals surface area contributed by atoms with Crippen molar-refractivity contribution in [2.75, 3.05) is 55.0 Å². The molecule has 3 aromatic rings. The molecule has 0 bridgehead atoms. The average Bonchev–Trinajstić information content (AvgIpc) is 3.06. The number of hydrogen-bond acceptors (Lipinski definition) is 7. The summed E-state index contributed by atoms with van der Waals surface area (Å²) in [4.78, 5) is 20.3. The molecule has 0 N–H and O–H groups in total. The molecule has 4 rings (SSSR count). The smallest absolute Gasteiger partial charge is 0.226 e. The SMILES string of the molecule is CN(C)c1nccc(N2CCN(c3nc4ccccc4s3)CC2)n1. The molecule has 124 valence electrons. The summed E-state index contributed by atoms with van der Waals surface area (Å²) in [5.41, 5.74) is 1.09. The third-order valence-corrected chi connectivity index (χ3v) is 5.28. The summed E-state index contributed by atoms with van der Waals surface area (Å²) < 4.78 is 1.25. The van der Waals surface area contributed by atoms with Gasteiger partial charge in [-0.15, -0.1) is 0 Å². The quantitative estimate of drug-likeness (QED) is 0.730. The minimum atomic E-state index is 0.751. The predicted molar refractivity (Wildman–Crippen MR) is 100 cm³/mol. The number of rotatable bonds is 3. The number of nitrogens with zero attached hydrogens (tertiary/aromatic N) is 6. The first-order valence-electron chi connectivity index (χ1n) is 8.06. The summed E-state index contributed by atoms with van der Waals surface area (Å²) in [5, 5.41) is 1.12. The van der Waals surface area contributed by atoms with Crippen molar-refractivity contribution in [3.63, 3.8) is 0 Å². The maximum absolute atomic E-state index is 4.77. The van der Waals surface area contributed by atoms with E-state index >= 15 is 0 Å². The molecule has 0 atom stereocenters. The highest BCUT2D eigenvalue weighted by atomic mass is 32.1. The molecule has 0 spiro atoms. The molecule has 1 aliphatic heterocycles. The van der Waals surface area contributed by atoms with Crippen LogP contribution >= 0.6 is 11.3 Å². The van der Waals surface area contributed by atoms with E-state index in [2.05, 4.69) is 38.0 Å². The van der Waals surface area contributed by atoms with Crippen LogP contribution in [-0.4, -0.2) is 55.2 Å². The Labute approximate surface area is 145 Å². The fraction of sp³-hybridized carbons (Fsp3) is 0.353. The first kappa shape index (κ1) is 15.1. The lowest BCUT2D eigenvalue weighted by molar-refractivity contribution is 0.645. The van der Waals surface area contributed by atoms with E-state index in [0.29, 0.717) is 0 Å². The number of benzene rings is 1. The molecule has 1 aliphatic rings. The van der Waals surface area contributed by atoms with Crippen molar-refractivity contribution in [2.45, 2.75) is 0 Å². The van der Waals surface area contributed by atoms with Crippen LogP contribution in [-0.2, 0) is 0 Å². The Bertz CT molecular complexity index is 805. The van der Waals surface area contributed by atoms with Crippen molar-refractivity contribution in [1.82, 2.24) is 15.0 Å². The van der Waals surface area contributed by atoms with Crippen molar-refractivity contribution in [3.8, 4) is 0 Å². The summed E-state index contributed by atoms with van der Waals surface area (Å²) in [5.74, 6) is 1.75. The van der Waals surface area contributed by atoms with E-state index in [4.69, 9.17) is 4.98 Å². The van der Waals surface area contributed by atoms with Crippen molar-refractivity contribution >= 4 is 38.5 Å². The van der Waals surface area contributed by atoms with E-state index in [1.807, 2.05) is 37.3 Å². The fourth-order valence-corrected chi connectivity index (χ4v) is 3.87. The number of aromatic nitrogens is 3. The maximum Gasteiger partial charge on any atom is 0.226 e. The van der Waals surface area contributed by atoms with Gasteiger partial charge in [0.15, 0.2) is 5.13 Å². The Hall–Kier alpha value is -2.41. The van der Waals surface area contributed by atoms with Crippen LogP contribution in [0.2, 0.25) is 0 Å². The maximum atomic E-state index is 4.77. The number of para-hydroxylation sites is 1. The average molecular weight is 340 g/mol. The molecule has 0 aliphatic carbocycles. The van der Waals surface area contributed by atoms with E-state index in [1.54, 1.807) is 11.3 Å². The fourth-order valence-electron chi connectivity index (χ4n) is 2.85. The number of anilines is 3. The molecule has 2 aromatic heterocycles. The first-order valence-corrected chi connectivity index (χ1v) is 8.88. The standard InChI is InChI=1S/C17H20N6S/c1-21(2)16-18-8-7-15(20-16)22-9-11-23(12-10-22)17-19-13-5-3-4-6-14(13)24-17/h3-8H,9-12H2,1-2H3. The second-order valence-corrected chi connectivity index (χ2v) is 7.06.